The lowest BCUT2D eigenvalue weighted by atomic mass is 9.96. The van der Waals surface area contributed by atoms with Gasteiger partial charge in [-0.15, -0.1) is 0 Å². The van der Waals surface area contributed by atoms with Gasteiger partial charge in [0.1, 0.15) is 5.67 Å². The predicted octanol–water partition coefficient (Wildman–Crippen LogP) is 3.32. The van der Waals surface area contributed by atoms with Crippen molar-refractivity contribution < 1.29 is 4.39 Å². The number of benzene rings is 1. The monoisotopic (exact) mass is 207 g/mol. The molecule has 0 radical (unpaired) electrons. The first-order chi connectivity index (χ1) is 7.07. The predicted molar refractivity (Wildman–Crippen MR) is 60.6 cm³/mol. The molecule has 1 atom stereocenters. The second-order valence-corrected chi connectivity index (χ2v) is 4.74. The molecule has 1 N–H and O–H groups in total. The second-order valence-electron chi connectivity index (χ2n) is 4.74. The van der Waals surface area contributed by atoms with Crippen LogP contribution < -0.4 is 5.32 Å². The Labute approximate surface area is 90.7 Å². The third-order valence-corrected chi connectivity index (χ3v) is 3.06. The van der Waals surface area contributed by atoms with E-state index in [1.54, 1.807) is 13.8 Å². The van der Waals surface area contributed by atoms with Crippen LogP contribution in [0.2, 0.25) is 0 Å². The molecule has 0 aromatic heterocycles. The first-order valence-corrected chi connectivity index (χ1v) is 5.60. The van der Waals surface area contributed by atoms with Gasteiger partial charge in [0.05, 0.1) is 0 Å². The van der Waals surface area contributed by atoms with Gasteiger partial charge >= 0.3 is 0 Å². The molecular formula is C13H18FN. The molecule has 82 valence electrons. The molecule has 1 heterocycles. The molecule has 0 unspecified atom stereocenters. The fourth-order valence-electron chi connectivity index (χ4n) is 2.08. The van der Waals surface area contributed by atoms with Crippen molar-refractivity contribution in [2.75, 3.05) is 6.54 Å². The SMILES string of the molecule is CC(C)(F)c1ccc([C@H]2CCCN2)cc1. The molecule has 0 saturated carbocycles. The van der Waals surface area contributed by atoms with Crippen LogP contribution in [0.1, 0.15) is 43.9 Å². The Balaban J connectivity index is 2.16. The normalized spacial score (nSPS) is 21.9. The molecule has 1 fully saturated rings. The van der Waals surface area contributed by atoms with E-state index >= 15 is 0 Å². The Morgan fingerprint density at radius 1 is 1.27 bits per heavy atom. The van der Waals surface area contributed by atoms with Crippen LogP contribution in [-0.4, -0.2) is 6.54 Å². The summed E-state index contributed by atoms with van der Waals surface area (Å²) >= 11 is 0. The maximum atomic E-state index is 13.6. The summed E-state index contributed by atoms with van der Waals surface area (Å²) in [6.45, 7) is 4.28. The highest BCUT2D eigenvalue weighted by molar-refractivity contribution is 5.28. The molecule has 1 aromatic rings. The molecule has 0 spiro atoms. The Bertz CT molecular complexity index is 317. The smallest absolute Gasteiger partial charge is 0.130 e. The Morgan fingerprint density at radius 2 is 1.93 bits per heavy atom. The summed E-state index contributed by atoms with van der Waals surface area (Å²) in [5.41, 5.74) is 0.798. The highest BCUT2D eigenvalue weighted by Gasteiger charge is 2.20. The number of hydrogen-bond acceptors (Lipinski definition) is 1. The van der Waals surface area contributed by atoms with E-state index in [1.165, 1.54) is 18.4 Å². The maximum absolute atomic E-state index is 13.6. The van der Waals surface area contributed by atoms with E-state index in [9.17, 15) is 4.39 Å². The Morgan fingerprint density at radius 3 is 2.40 bits per heavy atom. The summed E-state index contributed by atoms with van der Waals surface area (Å²) in [6.07, 6.45) is 2.43. The molecule has 1 saturated heterocycles. The first kappa shape index (κ1) is 10.6. The van der Waals surface area contributed by atoms with Gasteiger partial charge in [-0.2, -0.15) is 0 Å². The van der Waals surface area contributed by atoms with Crippen LogP contribution in [0.25, 0.3) is 0 Å². The van der Waals surface area contributed by atoms with Gasteiger partial charge in [0.25, 0.3) is 0 Å². The molecule has 0 bridgehead atoms. The Hall–Kier alpha value is -0.890. The lowest BCUT2D eigenvalue weighted by Crippen LogP contribution is -2.14. The second kappa shape index (κ2) is 3.93. The molecule has 2 heteroatoms. The average Bonchev–Trinajstić information content (AvgIpc) is 2.69. The summed E-state index contributed by atoms with van der Waals surface area (Å²) < 4.78 is 13.6. The number of nitrogens with one attached hydrogen (secondary N) is 1. The third-order valence-electron chi connectivity index (χ3n) is 3.06. The van der Waals surface area contributed by atoms with E-state index in [4.69, 9.17) is 0 Å². The number of halogens is 1. The quantitative estimate of drug-likeness (QED) is 0.784. The van der Waals surface area contributed by atoms with Gasteiger partial charge in [-0.05, 0) is 44.4 Å². The number of hydrogen-bond donors (Lipinski definition) is 1. The van der Waals surface area contributed by atoms with Crippen molar-refractivity contribution in [3.05, 3.63) is 35.4 Å². The summed E-state index contributed by atoms with van der Waals surface area (Å²) in [7, 11) is 0. The van der Waals surface area contributed by atoms with Crippen LogP contribution in [-0.2, 0) is 5.67 Å². The largest absolute Gasteiger partial charge is 0.310 e. The van der Waals surface area contributed by atoms with Crippen LogP contribution >= 0.6 is 0 Å². The van der Waals surface area contributed by atoms with Gasteiger partial charge in [-0.25, -0.2) is 4.39 Å². The maximum Gasteiger partial charge on any atom is 0.130 e. The molecule has 1 aromatic carbocycles. The summed E-state index contributed by atoms with van der Waals surface area (Å²) in [5.74, 6) is 0. The molecule has 0 aliphatic carbocycles. The molecule has 15 heavy (non-hydrogen) atoms. The highest BCUT2D eigenvalue weighted by atomic mass is 19.1. The zero-order chi connectivity index (χ0) is 10.9. The van der Waals surface area contributed by atoms with Gasteiger partial charge in [-0.1, -0.05) is 24.3 Å². The summed E-state index contributed by atoms with van der Waals surface area (Å²) in [5, 5.41) is 3.44. The molecule has 1 aliphatic rings. The molecule has 2 rings (SSSR count). The van der Waals surface area contributed by atoms with Crippen molar-refractivity contribution in [2.45, 2.75) is 38.4 Å². The van der Waals surface area contributed by atoms with Crippen molar-refractivity contribution in [1.29, 1.82) is 0 Å². The minimum Gasteiger partial charge on any atom is -0.310 e. The van der Waals surface area contributed by atoms with Crippen molar-refractivity contribution >= 4 is 0 Å². The first-order valence-electron chi connectivity index (χ1n) is 5.60. The van der Waals surface area contributed by atoms with E-state index in [0.717, 1.165) is 12.1 Å². The van der Waals surface area contributed by atoms with E-state index in [-0.39, 0.29) is 0 Å². The van der Waals surface area contributed by atoms with Crippen molar-refractivity contribution in [3.8, 4) is 0 Å². The van der Waals surface area contributed by atoms with E-state index in [0.29, 0.717) is 6.04 Å². The molecule has 1 nitrogen and oxygen atoms in total. The van der Waals surface area contributed by atoms with Crippen LogP contribution in [0, 0.1) is 0 Å². The zero-order valence-electron chi connectivity index (χ0n) is 9.39. The molecule has 1 aliphatic heterocycles. The fraction of sp³-hybridized carbons (Fsp3) is 0.538. The van der Waals surface area contributed by atoms with Gasteiger partial charge in [0.2, 0.25) is 0 Å². The average molecular weight is 207 g/mol. The summed E-state index contributed by atoms with van der Waals surface area (Å²) in [4.78, 5) is 0. The lowest BCUT2D eigenvalue weighted by molar-refractivity contribution is 0.221. The van der Waals surface area contributed by atoms with Crippen LogP contribution in [0.3, 0.4) is 0 Å². The van der Waals surface area contributed by atoms with Gasteiger partial charge in [0, 0.05) is 6.04 Å². The fourth-order valence-corrected chi connectivity index (χ4v) is 2.08. The minimum atomic E-state index is -1.23. The minimum absolute atomic E-state index is 0.474. The van der Waals surface area contributed by atoms with Gasteiger partial charge in [-0.3, -0.25) is 0 Å². The van der Waals surface area contributed by atoms with E-state index in [2.05, 4.69) is 5.32 Å². The van der Waals surface area contributed by atoms with Crippen molar-refractivity contribution in [3.63, 3.8) is 0 Å². The topological polar surface area (TPSA) is 12.0 Å². The Kier molecular flexibility index (Phi) is 2.79. The highest BCUT2D eigenvalue weighted by Crippen LogP contribution is 2.28. The van der Waals surface area contributed by atoms with Crippen LogP contribution in [0.4, 0.5) is 4.39 Å². The third kappa shape index (κ3) is 2.37. The zero-order valence-corrected chi connectivity index (χ0v) is 9.39. The molecular weight excluding hydrogens is 189 g/mol. The van der Waals surface area contributed by atoms with Gasteiger partial charge in [0.15, 0.2) is 0 Å². The van der Waals surface area contributed by atoms with Gasteiger partial charge < -0.3 is 5.32 Å². The van der Waals surface area contributed by atoms with Crippen molar-refractivity contribution in [1.82, 2.24) is 5.32 Å². The molecule has 0 amide bonds. The van der Waals surface area contributed by atoms with Crippen molar-refractivity contribution in [2.24, 2.45) is 0 Å². The van der Waals surface area contributed by atoms with E-state index < -0.39 is 5.67 Å². The van der Waals surface area contributed by atoms with Crippen LogP contribution in [0.15, 0.2) is 24.3 Å². The lowest BCUT2D eigenvalue weighted by Gasteiger charge is -2.16. The summed E-state index contributed by atoms with van der Waals surface area (Å²) in [6, 6.07) is 8.35. The number of rotatable bonds is 2. The van der Waals surface area contributed by atoms with E-state index in [1.807, 2.05) is 24.3 Å². The number of alkyl halides is 1. The standard InChI is InChI=1S/C13H18FN/c1-13(2,14)11-7-5-10(6-8-11)12-4-3-9-15-12/h5-8,12,15H,3-4,9H2,1-2H3/t12-/m1/s1. The van der Waals surface area contributed by atoms with Crippen LogP contribution in [0.5, 0.6) is 0 Å².